The molecular weight excluding hydrogens is 476 g/mol. The topological polar surface area (TPSA) is 107 Å². The summed E-state index contributed by atoms with van der Waals surface area (Å²) in [5.74, 6) is -0.759. The summed E-state index contributed by atoms with van der Waals surface area (Å²) >= 11 is 0. The van der Waals surface area contributed by atoms with Crippen molar-refractivity contribution in [3.05, 3.63) is 65.7 Å². The summed E-state index contributed by atoms with van der Waals surface area (Å²) in [5, 5.41) is 0. The van der Waals surface area contributed by atoms with Crippen molar-refractivity contribution in [1.82, 2.24) is 0 Å². The predicted molar refractivity (Wildman–Crippen MR) is 129 cm³/mol. The highest BCUT2D eigenvalue weighted by Gasteiger charge is 2.23. The molecule has 0 spiro atoms. The van der Waals surface area contributed by atoms with Gasteiger partial charge in [-0.2, -0.15) is 8.42 Å². The third kappa shape index (κ3) is 11.8. The Balaban J connectivity index is 1.67. The molecule has 10 heteroatoms. The van der Waals surface area contributed by atoms with Gasteiger partial charge in [0.25, 0.3) is 10.1 Å². The maximum atomic E-state index is 12.7. The number of hydrogen-bond acceptors (Lipinski definition) is 9. The van der Waals surface area contributed by atoms with Gasteiger partial charge in [-0.15, -0.1) is 0 Å². The van der Waals surface area contributed by atoms with E-state index < -0.39 is 16.1 Å². The van der Waals surface area contributed by atoms with Gasteiger partial charge in [-0.25, -0.2) is 4.79 Å². The third-order valence-electron chi connectivity index (χ3n) is 4.70. The van der Waals surface area contributed by atoms with E-state index in [1.165, 1.54) is 18.2 Å². The van der Waals surface area contributed by atoms with Crippen molar-refractivity contribution in [2.24, 2.45) is 0 Å². The predicted octanol–water partition coefficient (Wildman–Crippen LogP) is 2.88. The lowest BCUT2D eigenvalue weighted by molar-refractivity contribution is -0.00558. The van der Waals surface area contributed by atoms with Crippen LogP contribution in [-0.2, 0) is 44.4 Å². The van der Waals surface area contributed by atoms with E-state index in [1.54, 1.807) is 13.2 Å². The lowest BCUT2D eigenvalue weighted by Crippen LogP contribution is -2.17. The molecule has 0 heterocycles. The molecule has 0 bridgehead atoms. The molecule has 0 unspecified atom stereocenters. The summed E-state index contributed by atoms with van der Waals surface area (Å²) in [6, 6.07) is 15.5. The van der Waals surface area contributed by atoms with Crippen molar-refractivity contribution < 1.29 is 41.1 Å². The zero-order valence-corrected chi connectivity index (χ0v) is 20.9. The molecule has 0 saturated heterocycles. The number of carbonyl (C=O) groups excluding carboxylic acids is 1. The van der Waals surface area contributed by atoms with E-state index in [9.17, 15) is 13.2 Å². The summed E-state index contributed by atoms with van der Waals surface area (Å²) in [6.45, 7) is 2.83. The summed E-state index contributed by atoms with van der Waals surface area (Å²) < 4.78 is 56.5. The van der Waals surface area contributed by atoms with Gasteiger partial charge in [0, 0.05) is 7.11 Å². The highest BCUT2D eigenvalue weighted by Crippen LogP contribution is 2.19. The lowest BCUT2D eigenvalue weighted by atomic mass is 10.1. The Labute approximate surface area is 207 Å². The number of ether oxygens (including phenoxy) is 5. The highest BCUT2D eigenvalue weighted by atomic mass is 32.2. The van der Waals surface area contributed by atoms with Gasteiger partial charge < -0.3 is 23.7 Å². The van der Waals surface area contributed by atoms with Crippen LogP contribution in [0.1, 0.15) is 22.3 Å². The van der Waals surface area contributed by atoms with Crippen molar-refractivity contribution in [3.63, 3.8) is 0 Å². The fourth-order valence-corrected chi connectivity index (χ4v) is 4.09. The van der Waals surface area contributed by atoms with E-state index in [1.807, 2.05) is 30.3 Å². The van der Waals surface area contributed by atoms with Gasteiger partial charge >= 0.3 is 5.97 Å². The van der Waals surface area contributed by atoms with E-state index in [-0.39, 0.29) is 30.3 Å². The molecule has 35 heavy (non-hydrogen) atoms. The van der Waals surface area contributed by atoms with Crippen molar-refractivity contribution in [1.29, 1.82) is 0 Å². The monoisotopic (exact) mass is 510 g/mol. The molecule has 0 amide bonds. The molecule has 0 saturated carbocycles. The molecule has 2 aromatic carbocycles. The van der Waals surface area contributed by atoms with Crippen LogP contribution in [0.2, 0.25) is 0 Å². The maximum Gasteiger partial charge on any atom is 0.339 e. The summed E-state index contributed by atoms with van der Waals surface area (Å²) in [5.41, 5.74) is 1.02. The van der Waals surface area contributed by atoms with E-state index in [0.717, 1.165) is 5.56 Å². The van der Waals surface area contributed by atoms with Gasteiger partial charge in [0.15, 0.2) is 0 Å². The zero-order valence-electron chi connectivity index (χ0n) is 20.1. The molecule has 9 nitrogen and oxygen atoms in total. The van der Waals surface area contributed by atoms with Crippen LogP contribution in [0, 0.1) is 0 Å². The minimum atomic E-state index is -4.11. The van der Waals surface area contributed by atoms with Crippen molar-refractivity contribution in [2.75, 3.05) is 66.6 Å². The van der Waals surface area contributed by atoms with Crippen molar-refractivity contribution >= 4 is 16.1 Å². The van der Waals surface area contributed by atoms with E-state index in [2.05, 4.69) is 0 Å². The highest BCUT2D eigenvalue weighted by molar-refractivity contribution is 7.86. The molecule has 0 aliphatic heterocycles. The molecule has 0 aliphatic carbocycles. The normalized spacial score (nSPS) is 11.5. The molecule has 0 atom stereocenters. The van der Waals surface area contributed by atoms with E-state index >= 15 is 0 Å². The van der Waals surface area contributed by atoms with Crippen LogP contribution >= 0.6 is 0 Å². The second-order valence-electron chi connectivity index (χ2n) is 7.33. The standard InChI is InChI=1S/C25H34O9S/c1-29-14-15-30-16-17-31-18-19-32-20-21-33-25(26)23-11-5-6-12-24(23)35(27,28)34-13-7-10-22-8-3-2-4-9-22/h2-6,8-9,11-12H,7,10,13-21H2,1H3. The van der Waals surface area contributed by atoms with Crippen LogP contribution in [0.5, 0.6) is 0 Å². The molecular formula is C25H34O9S. The first-order valence-electron chi connectivity index (χ1n) is 11.5. The molecule has 194 valence electrons. The number of benzene rings is 2. The van der Waals surface area contributed by atoms with Crippen molar-refractivity contribution in [2.45, 2.75) is 17.7 Å². The van der Waals surface area contributed by atoms with Crippen molar-refractivity contribution in [3.8, 4) is 0 Å². The van der Waals surface area contributed by atoms with Gasteiger partial charge in [0.2, 0.25) is 0 Å². The van der Waals surface area contributed by atoms with Gasteiger partial charge in [0.1, 0.15) is 11.5 Å². The second-order valence-corrected chi connectivity index (χ2v) is 8.91. The van der Waals surface area contributed by atoms with Gasteiger partial charge in [-0.1, -0.05) is 42.5 Å². The number of aryl methyl sites for hydroxylation is 1. The summed E-state index contributed by atoms with van der Waals surface area (Å²) in [6.07, 6.45) is 1.21. The van der Waals surface area contributed by atoms with Crippen LogP contribution in [0.25, 0.3) is 0 Å². The van der Waals surface area contributed by atoms with Gasteiger partial charge in [-0.05, 0) is 30.5 Å². The number of esters is 1. The molecule has 0 radical (unpaired) electrons. The smallest absolute Gasteiger partial charge is 0.339 e. The summed E-state index contributed by atoms with van der Waals surface area (Å²) in [7, 11) is -2.50. The largest absolute Gasteiger partial charge is 0.460 e. The quantitative estimate of drug-likeness (QED) is 0.160. The number of methoxy groups -OCH3 is 1. The average Bonchev–Trinajstić information content (AvgIpc) is 2.88. The Morgan fingerprint density at radius 1 is 0.714 bits per heavy atom. The van der Waals surface area contributed by atoms with Crippen LogP contribution < -0.4 is 0 Å². The molecule has 0 N–H and O–H groups in total. The first kappa shape index (κ1) is 28.9. The number of rotatable bonds is 19. The van der Waals surface area contributed by atoms with Crippen LogP contribution in [-0.4, -0.2) is 81.0 Å². The molecule has 0 aliphatic rings. The molecule has 2 rings (SSSR count). The first-order valence-corrected chi connectivity index (χ1v) is 12.9. The van der Waals surface area contributed by atoms with Crippen LogP contribution in [0.4, 0.5) is 0 Å². The fourth-order valence-electron chi connectivity index (χ4n) is 2.96. The second kappa shape index (κ2) is 17.1. The van der Waals surface area contributed by atoms with Gasteiger partial charge in [0.05, 0.1) is 58.4 Å². The zero-order chi connectivity index (χ0) is 25.2. The molecule has 0 aromatic heterocycles. The summed E-state index contributed by atoms with van der Waals surface area (Å²) in [4.78, 5) is 12.2. The van der Waals surface area contributed by atoms with E-state index in [0.29, 0.717) is 52.5 Å². The van der Waals surface area contributed by atoms with Crippen LogP contribution in [0.15, 0.2) is 59.5 Å². The Hall–Kier alpha value is -2.34. The number of hydrogen-bond donors (Lipinski definition) is 0. The van der Waals surface area contributed by atoms with E-state index in [4.69, 9.17) is 27.9 Å². The lowest BCUT2D eigenvalue weighted by Gasteiger charge is -2.11. The minimum absolute atomic E-state index is 0.00972. The SMILES string of the molecule is COCCOCCOCCOCCOC(=O)c1ccccc1S(=O)(=O)OCCCc1ccccc1. The van der Waals surface area contributed by atoms with Gasteiger partial charge in [-0.3, -0.25) is 4.18 Å². The molecule has 0 fully saturated rings. The third-order valence-corrected chi connectivity index (χ3v) is 6.08. The fraction of sp³-hybridized carbons (Fsp3) is 0.480. The molecule has 2 aromatic rings. The maximum absolute atomic E-state index is 12.7. The Morgan fingerprint density at radius 3 is 1.94 bits per heavy atom. The first-order chi connectivity index (χ1) is 17.0. The Kier molecular flexibility index (Phi) is 14.2. The Morgan fingerprint density at radius 2 is 1.29 bits per heavy atom. The van der Waals surface area contributed by atoms with Crippen LogP contribution in [0.3, 0.4) is 0 Å². The number of carbonyl (C=O) groups is 1. The minimum Gasteiger partial charge on any atom is -0.460 e. The average molecular weight is 511 g/mol. The Bertz CT molecular complexity index is 948.